The van der Waals surface area contributed by atoms with Gasteiger partial charge in [-0.25, -0.2) is 4.90 Å². The molecule has 1 aliphatic heterocycles. The molecule has 2 amide bonds. The number of nitrogens with zero attached hydrogens (tertiary/aromatic N) is 1. The van der Waals surface area contributed by atoms with E-state index in [1.165, 1.54) is 4.90 Å². The van der Waals surface area contributed by atoms with Crippen LogP contribution in [0.15, 0.2) is 53.0 Å². The third kappa shape index (κ3) is 3.36. The first-order chi connectivity index (χ1) is 11.5. The summed E-state index contributed by atoms with van der Waals surface area (Å²) in [5, 5.41) is 0. The van der Waals surface area contributed by atoms with Crippen LogP contribution in [0.5, 0.6) is 5.75 Å². The van der Waals surface area contributed by atoms with Crippen LogP contribution >= 0.6 is 15.9 Å². The van der Waals surface area contributed by atoms with Crippen molar-refractivity contribution in [1.29, 1.82) is 0 Å². The number of hydrogen-bond donors (Lipinski definition) is 0. The van der Waals surface area contributed by atoms with Crippen molar-refractivity contribution in [3.63, 3.8) is 0 Å². The van der Waals surface area contributed by atoms with Crippen molar-refractivity contribution in [3.05, 3.63) is 58.6 Å². The standard InChI is InChI=1S/C19H18BrNO3/c1-12(2)24-16-8-6-13(7-9-16)17-11-18(22)21(19(17)23)15-5-3-4-14(20)10-15/h3-10,12,17H,11H2,1-2H3/t17-/m0/s1. The first kappa shape index (κ1) is 16.7. The zero-order valence-corrected chi connectivity index (χ0v) is 15.1. The summed E-state index contributed by atoms with van der Waals surface area (Å²) in [7, 11) is 0. The van der Waals surface area contributed by atoms with Crippen molar-refractivity contribution in [2.45, 2.75) is 32.3 Å². The second-order valence-corrected chi connectivity index (χ2v) is 6.96. The Morgan fingerprint density at radius 2 is 1.83 bits per heavy atom. The van der Waals surface area contributed by atoms with E-state index in [0.717, 1.165) is 15.8 Å². The van der Waals surface area contributed by atoms with E-state index in [-0.39, 0.29) is 24.3 Å². The SMILES string of the molecule is CC(C)Oc1ccc([C@@H]2CC(=O)N(c3cccc(Br)c3)C2=O)cc1. The normalized spacial score (nSPS) is 17.7. The van der Waals surface area contributed by atoms with E-state index < -0.39 is 5.92 Å². The molecular formula is C19H18BrNO3. The van der Waals surface area contributed by atoms with Gasteiger partial charge in [0.05, 0.1) is 17.7 Å². The summed E-state index contributed by atoms with van der Waals surface area (Å²) in [6.45, 7) is 3.92. The number of benzene rings is 2. The molecular weight excluding hydrogens is 370 g/mol. The van der Waals surface area contributed by atoms with Crippen LogP contribution in [0.2, 0.25) is 0 Å². The average molecular weight is 388 g/mol. The van der Waals surface area contributed by atoms with Gasteiger partial charge in [-0.1, -0.05) is 34.1 Å². The lowest BCUT2D eigenvalue weighted by atomic mass is 9.97. The Balaban J connectivity index is 1.83. The lowest BCUT2D eigenvalue weighted by Crippen LogP contribution is -2.29. The largest absolute Gasteiger partial charge is 0.491 e. The summed E-state index contributed by atoms with van der Waals surface area (Å²) in [6.07, 6.45) is 0.285. The van der Waals surface area contributed by atoms with Crippen LogP contribution in [0, 0.1) is 0 Å². The summed E-state index contributed by atoms with van der Waals surface area (Å²) >= 11 is 3.37. The average Bonchev–Trinajstić information content (AvgIpc) is 2.82. The van der Waals surface area contributed by atoms with Crippen LogP contribution in [0.25, 0.3) is 0 Å². The minimum Gasteiger partial charge on any atom is -0.491 e. The molecule has 0 spiro atoms. The molecule has 0 N–H and O–H groups in total. The molecule has 0 bridgehead atoms. The summed E-state index contributed by atoms with van der Waals surface area (Å²) in [4.78, 5) is 26.4. The predicted molar refractivity (Wildman–Crippen MR) is 96.2 cm³/mol. The molecule has 0 radical (unpaired) electrons. The van der Waals surface area contributed by atoms with E-state index in [4.69, 9.17) is 4.74 Å². The van der Waals surface area contributed by atoms with Crippen LogP contribution in [-0.2, 0) is 9.59 Å². The van der Waals surface area contributed by atoms with Gasteiger partial charge in [0.25, 0.3) is 0 Å². The van der Waals surface area contributed by atoms with Crippen LogP contribution < -0.4 is 9.64 Å². The molecule has 1 fully saturated rings. The molecule has 0 saturated carbocycles. The van der Waals surface area contributed by atoms with E-state index >= 15 is 0 Å². The van der Waals surface area contributed by atoms with E-state index in [1.54, 1.807) is 12.1 Å². The molecule has 1 atom stereocenters. The number of amides is 2. The Hall–Kier alpha value is -2.14. The second-order valence-electron chi connectivity index (χ2n) is 6.04. The van der Waals surface area contributed by atoms with Crippen LogP contribution in [0.1, 0.15) is 31.7 Å². The Morgan fingerprint density at radius 1 is 1.12 bits per heavy atom. The zero-order valence-electron chi connectivity index (χ0n) is 13.5. The lowest BCUT2D eigenvalue weighted by Gasteiger charge is -2.16. The first-order valence-corrected chi connectivity index (χ1v) is 8.64. The molecule has 124 valence electrons. The minimum atomic E-state index is -0.440. The van der Waals surface area contributed by atoms with Gasteiger partial charge in [-0.05, 0) is 49.7 Å². The molecule has 5 heteroatoms. The summed E-state index contributed by atoms with van der Waals surface area (Å²) in [6, 6.07) is 14.6. The molecule has 1 heterocycles. The highest BCUT2D eigenvalue weighted by molar-refractivity contribution is 9.10. The monoisotopic (exact) mass is 387 g/mol. The van der Waals surface area contributed by atoms with Crippen molar-refractivity contribution in [1.82, 2.24) is 0 Å². The van der Waals surface area contributed by atoms with E-state index in [1.807, 2.05) is 50.2 Å². The van der Waals surface area contributed by atoms with Crippen LogP contribution in [0.4, 0.5) is 5.69 Å². The molecule has 0 unspecified atom stereocenters. The molecule has 2 aromatic carbocycles. The number of halogens is 1. The number of carbonyl (C=O) groups excluding carboxylic acids is 2. The van der Waals surface area contributed by atoms with Crippen molar-refractivity contribution < 1.29 is 14.3 Å². The summed E-state index contributed by atoms with van der Waals surface area (Å²) in [5.41, 5.74) is 1.43. The van der Waals surface area contributed by atoms with Crippen molar-refractivity contribution in [3.8, 4) is 5.75 Å². The lowest BCUT2D eigenvalue weighted by molar-refractivity contribution is -0.121. The van der Waals surface area contributed by atoms with Crippen molar-refractivity contribution in [2.75, 3.05) is 4.90 Å². The number of imide groups is 1. The van der Waals surface area contributed by atoms with E-state index in [2.05, 4.69) is 15.9 Å². The Bertz CT molecular complexity index is 770. The van der Waals surface area contributed by atoms with Gasteiger partial charge in [0, 0.05) is 10.9 Å². The van der Waals surface area contributed by atoms with E-state index in [9.17, 15) is 9.59 Å². The fraction of sp³-hybridized carbons (Fsp3) is 0.263. The third-order valence-electron chi connectivity index (χ3n) is 3.87. The number of anilines is 1. The molecule has 4 nitrogen and oxygen atoms in total. The summed E-state index contributed by atoms with van der Waals surface area (Å²) in [5.74, 6) is -0.0415. The Morgan fingerprint density at radius 3 is 2.46 bits per heavy atom. The molecule has 1 aliphatic rings. The molecule has 0 aromatic heterocycles. The fourth-order valence-electron chi connectivity index (χ4n) is 2.83. The van der Waals surface area contributed by atoms with Gasteiger partial charge < -0.3 is 4.74 Å². The zero-order chi connectivity index (χ0) is 17.3. The second kappa shape index (κ2) is 6.77. The molecule has 1 saturated heterocycles. The number of carbonyl (C=O) groups is 2. The third-order valence-corrected chi connectivity index (χ3v) is 4.36. The van der Waals surface area contributed by atoms with Crippen molar-refractivity contribution in [2.24, 2.45) is 0 Å². The first-order valence-electron chi connectivity index (χ1n) is 7.84. The minimum absolute atomic E-state index is 0.0950. The smallest absolute Gasteiger partial charge is 0.241 e. The molecule has 24 heavy (non-hydrogen) atoms. The number of ether oxygens (including phenoxy) is 1. The highest BCUT2D eigenvalue weighted by Crippen LogP contribution is 2.34. The molecule has 0 aliphatic carbocycles. The predicted octanol–water partition coefficient (Wildman–Crippen LogP) is 4.28. The maximum atomic E-state index is 12.7. The van der Waals surface area contributed by atoms with Gasteiger partial charge in [-0.15, -0.1) is 0 Å². The quantitative estimate of drug-likeness (QED) is 0.735. The van der Waals surface area contributed by atoms with Gasteiger partial charge in [0.2, 0.25) is 11.8 Å². The van der Waals surface area contributed by atoms with Gasteiger partial charge in [0.15, 0.2) is 0 Å². The van der Waals surface area contributed by atoms with Gasteiger partial charge in [-0.3, -0.25) is 9.59 Å². The van der Waals surface area contributed by atoms with Gasteiger partial charge in [0.1, 0.15) is 5.75 Å². The number of rotatable bonds is 4. The topological polar surface area (TPSA) is 46.6 Å². The van der Waals surface area contributed by atoms with E-state index in [0.29, 0.717) is 5.69 Å². The maximum absolute atomic E-state index is 12.7. The maximum Gasteiger partial charge on any atom is 0.241 e. The molecule has 2 aromatic rings. The fourth-order valence-corrected chi connectivity index (χ4v) is 3.22. The highest BCUT2D eigenvalue weighted by atomic mass is 79.9. The van der Waals surface area contributed by atoms with Crippen LogP contribution in [0.3, 0.4) is 0 Å². The Kier molecular flexibility index (Phi) is 4.71. The molecule has 3 rings (SSSR count). The van der Waals surface area contributed by atoms with Gasteiger partial charge in [-0.2, -0.15) is 0 Å². The highest BCUT2D eigenvalue weighted by Gasteiger charge is 2.40. The number of hydrogen-bond acceptors (Lipinski definition) is 3. The summed E-state index contributed by atoms with van der Waals surface area (Å²) < 4.78 is 6.45. The Labute approximate surface area is 149 Å². The van der Waals surface area contributed by atoms with Crippen molar-refractivity contribution >= 4 is 33.4 Å². The van der Waals surface area contributed by atoms with Gasteiger partial charge >= 0.3 is 0 Å². The van der Waals surface area contributed by atoms with Crippen LogP contribution in [-0.4, -0.2) is 17.9 Å².